The van der Waals surface area contributed by atoms with E-state index >= 15 is 0 Å². The number of ether oxygens (including phenoxy) is 1. The van der Waals surface area contributed by atoms with Gasteiger partial charge in [-0.15, -0.1) is 6.58 Å². The van der Waals surface area contributed by atoms with Gasteiger partial charge in [0.05, 0.1) is 16.9 Å². The van der Waals surface area contributed by atoms with Crippen LogP contribution in [-0.2, 0) is 19.6 Å². The van der Waals surface area contributed by atoms with E-state index in [9.17, 15) is 13.2 Å². The fourth-order valence-corrected chi connectivity index (χ4v) is 4.65. The SMILES string of the molecule is C=CCC1(C(=O)OCC)CCC(NS(=O)(=O)c2ccc(C)cc2)CC1. The summed E-state index contributed by atoms with van der Waals surface area (Å²) >= 11 is 0. The van der Waals surface area contributed by atoms with Crippen molar-refractivity contribution in [3.8, 4) is 0 Å². The highest BCUT2D eigenvalue weighted by Crippen LogP contribution is 2.41. The highest BCUT2D eigenvalue weighted by molar-refractivity contribution is 7.89. The van der Waals surface area contributed by atoms with Gasteiger partial charge in [0.2, 0.25) is 10.0 Å². The van der Waals surface area contributed by atoms with Gasteiger partial charge in [-0.1, -0.05) is 23.8 Å². The van der Waals surface area contributed by atoms with Crippen LogP contribution in [0.5, 0.6) is 0 Å². The molecule has 0 atom stereocenters. The zero-order valence-electron chi connectivity index (χ0n) is 15.0. The molecule has 0 aliphatic heterocycles. The summed E-state index contributed by atoms with van der Waals surface area (Å²) < 4.78 is 33.0. The van der Waals surface area contributed by atoms with Crippen LogP contribution in [0.25, 0.3) is 0 Å². The molecule has 0 amide bonds. The molecule has 25 heavy (non-hydrogen) atoms. The molecule has 0 heterocycles. The summed E-state index contributed by atoms with van der Waals surface area (Å²) in [6.45, 7) is 7.81. The van der Waals surface area contributed by atoms with Crippen LogP contribution in [0, 0.1) is 12.3 Å². The number of rotatable bonds is 7. The molecule has 1 fully saturated rings. The quantitative estimate of drug-likeness (QED) is 0.594. The van der Waals surface area contributed by atoms with E-state index in [2.05, 4.69) is 11.3 Å². The molecule has 1 aliphatic rings. The van der Waals surface area contributed by atoms with E-state index < -0.39 is 15.4 Å². The molecule has 138 valence electrons. The molecular weight excluding hydrogens is 338 g/mol. The van der Waals surface area contributed by atoms with E-state index in [0.29, 0.717) is 38.7 Å². The van der Waals surface area contributed by atoms with Crippen molar-refractivity contribution in [1.29, 1.82) is 0 Å². The molecule has 0 aromatic heterocycles. The first-order chi connectivity index (χ1) is 11.8. The number of allylic oxidation sites excluding steroid dienone is 1. The second kappa shape index (κ2) is 8.15. The lowest BCUT2D eigenvalue weighted by Crippen LogP contribution is -2.44. The van der Waals surface area contributed by atoms with E-state index in [1.165, 1.54) is 0 Å². The number of esters is 1. The van der Waals surface area contributed by atoms with E-state index in [4.69, 9.17) is 4.74 Å². The summed E-state index contributed by atoms with van der Waals surface area (Å²) in [5, 5.41) is 0. The smallest absolute Gasteiger partial charge is 0.312 e. The average molecular weight is 365 g/mol. The lowest BCUT2D eigenvalue weighted by atomic mass is 9.70. The molecular formula is C19H27NO4S. The Bertz CT molecular complexity index is 701. The monoisotopic (exact) mass is 365 g/mol. The van der Waals surface area contributed by atoms with E-state index in [0.717, 1.165) is 5.56 Å². The molecule has 0 bridgehead atoms. The maximum Gasteiger partial charge on any atom is 0.312 e. The van der Waals surface area contributed by atoms with E-state index in [1.54, 1.807) is 37.3 Å². The first-order valence-electron chi connectivity index (χ1n) is 8.70. The Morgan fingerprint density at radius 3 is 2.44 bits per heavy atom. The standard InChI is InChI=1S/C19H27NO4S/c1-4-12-19(18(21)24-5-2)13-10-16(11-14-19)20-25(22,23)17-8-6-15(3)7-9-17/h4,6-9,16,20H,1,5,10-14H2,2-3H3. The van der Waals surface area contributed by atoms with Crippen molar-refractivity contribution in [3.63, 3.8) is 0 Å². The number of sulfonamides is 1. The summed E-state index contributed by atoms with van der Waals surface area (Å²) in [7, 11) is -3.54. The van der Waals surface area contributed by atoms with E-state index in [-0.39, 0.29) is 16.9 Å². The van der Waals surface area contributed by atoms with Crippen LogP contribution < -0.4 is 4.72 Å². The Balaban J connectivity index is 2.04. The first-order valence-corrected chi connectivity index (χ1v) is 10.2. The fourth-order valence-electron chi connectivity index (χ4n) is 3.35. The van der Waals surface area contributed by atoms with Crippen molar-refractivity contribution in [2.75, 3.05) is 6.61 Å². The molecule has 2 rings (SSSR count). The van der Waals surface area contributed by atoms with Crippen LogP contribution in [0.1, 0.15) is 44.6 Å². The third kappa shape index (κ3) is 4.70. The largest absolute Gasteiger partial charge is 0.466 e. The Hall–Kier alpha value is -1.66. The molecule has 1 aliphatic carbocycles. The molecule has 0 saturated heterocycles. The minimum atomic E-state index is -3.54. The minimum absolute atomic E-state index is 0.168. The van der Waals surface area contributed by atoms with Gasteiger partial charge in [-0.3, -0.25) is 4.79 Å². The third-order valence-electron chi connectivity index (χ3n) is 4.84. The minimum Gasteiger partial charge on any atom is -0.466 e. The Morgan fingerprint density at radius 2 is 1.92 bits per heavy atom. The lowest BCUT2D eigenvalue weighted by molar-refractivity contribution is -0.157. The van der Waals surface area contributed by atoms with Gasteiger partial charge in [-0.05, 0) is 58.1 Å². The van der Waals surface area contributed by atoms with Crippen molar-refractivity contribution < 1.29 is 17.9 Å². The van der Waals surface area contributed by atoms with Crippen molar-refractivity contribution in [1.82, 2.24) is 4.72 Å². The number of carbonyl (C=O) groups excluding carboxylic acids is 1. The average Bonchev–Trinajstić information content (AvgIpc) is 2.57. The predicted octanol–water partition coefficient (Wildman–Crippen LogP) is 3.34. The Morgan fingerprint density at radius 1 is 1.32 bits per heavy atom. The molecule has 5 nitrogen and oxygen atoms in total. The lowest BCUT2D eigenvalue weighted by Gasteiger charge is -2.37. The maximum atomic E-state index is 12.5. The molecule has 0 radical (unpaired) electrons. The summed E-state index contributed by atoms with van der Waals surface area (Å²) in [4.78, 5) is 12.6. The van der Waals surface area contributed by atoms with Crippen molar-refractivity contribution in [3.05, 3.63) is 42.5 Å². The van der Waals surface area contributed by atoms with Crippen LogP contribution in [0.15, 0.2) is 41.8 Å². The molecule has 1 aromatic carbocycles. The van der Waals surface area contributed by atoms with Gasteiger partial charge in [0.15, 0.2) is 0 Å². The van der Waals surface area contributed by atoms with Gasteiger partial charge in [-0.2, -0.15) is 0 Å². The number of carbonyl (C=O) groups is 1. The van der Waals surface area contributed by atoms with Gasteiger partial charge in [-0.25, -0.2) is 13.1 Å². The summed E-state index contributed by atoms with van der Waals surface area (Å²) in [5.41, 5.74) is 0.448. The summed E-state index contributed by atoms with van der Waals surface area (Å²) in [6.07, 6.45) is 4.71. The number of nitrogens with one attached hydrogen (secondary N) is 1. The van der Waals surface area contributed by atoms with Crippen LogP contribution in [-0.4, -0.2) is 27.0 Å². The van der Waals surface area contributed by atoms with E-state index in [1.807, 2.05) is 6.92 Å². The first kappa shape index (κ1) is 19.7. The van der Waals surface area contributed by atoms with Crippen LogP contribution >= 0.6 is 0 Å². The highest BCUT2D eigenvalue weighted by atomic mass is 32.2. The molecule has 0 unspecified atom stereocenters. The van der Waals surface area contributed by atoms with Crippen molar-refractivity contribution >= 4 is 16.0 Å². The topological polar surface area (TPSA) is 72.5 Å². The maximum absolute atomic E-state index is 12.5. The van der Waals surface area contributed by atoms with Crippen LogP contribution in [0.3, 0.4) is 0 Å². The summed E-state index contributed by atoms with van der Waals surface area (Å²) in [5.74, 6) is -0.199. The number of hydrogen-bond acceptors (Lipinski definition) is 4. The highest BCUT2D eigenvalue weighted by Gasteiger charge is 2.42. The second-order valence-corrected chi connectivity index (χ2v) is 8.42. The molecule has 1 N–H and O–H groups in total. The van der Waals surface area contributed by atoms with Gasteiger partial charge in [0.1, 0.15) is 0 Å². The second-order valence-electron chi connectivity index (χ2n) is 6.70. The molecule has 1 aromatic rings. The number of benzene rings is 1. The predicted molar refractivity (Wildman–Crippen MR) is 97.6 cm³/mol. The van der Waals surface area contributed by atoms with Crippen molar-refractivity contribution in [2.45, 2.75) is 56.9 Å². The number of aryl methyl sites for hydroxylation is 1. The van der Waals surface area contributed by atoms with Gasteiger partial charge >= 0.3 is 5.97 Å². The Labute approximate surface area is 150 Å². The molecule has 1 saturated carbocycles. The zero-order chi connectivity index (χ0) is 18.5. The van der Waals surface area contributed by atoms with Crippen molar-refractivity contribution in [2.24, 2.45) is 5.41 Å². The molecule has 6 heteroatoms. The van der Waals surface area contributed by atoms with Gasteiger partial charge in [0.25, 0.3) is 0 Å². The van der Waals surface area contributed by atoms with Crippen LogP contribution in [0.2, 0.25) is 0 Å². The fraction of sp³-hybridized carbons (Fsp3) is 0.526. The third-order valence-corrected chi connectivity index (χ3v) is 6.38. The summed E-state index contributed by atoms with van der Waals surface area (Å²) in [6, 6.07) is 6.62. The van der Waals surface area contributed by atoms with Gasteiger partial charge in [0, 0.05) is 6.04 Å². The normalized spacial score (nSPS) is 23.8. The molecule has 0 spiro atoms. The number of hydrogen-bond donors (Lipinski definition) is 1. The Kier molecular flexibility index (Phi) is 6.41. The van der Waals surface area contributed by atoms with Crippen LogP contribution in [0.4, 0.5) is 0 Å². The van der Waals surface area contributed by atoms with Gasteiger partial charge < -0.3 is 4.74 Å². The zero-order valence-corrected chi connectivity index (χ0v) is 15.8.